The van der Waals surface area contributed by atoms with Crippen molar-refractivity contribution in [3.8, 4) is 0 Å². The van der Waals surface area contributed by atoms with Crippen molar-refractivity contribution in [1.29, 1.82) is 0 Å². The maximum Gasteiger partial charge on any atom is 0.416 e. The van der Waals surface area contributed by atoms with Crippen molar-refractivity contribution >= 4 is 5.91 Å². The fourth-order valence-corrected chi connectivity index (χ4v) is 4.03. The van der Waals surface area contributed by atoms with E-state index in [2.05, 4.69) is 11.9 Å². The van der Waals surface area contributed by atoms with Crippen LogP contribution in [-0.2, 0) is 24.1 Å². The Morgan fingerprint density at radius 1 is 1.21 bits per heavy atom. The molecule has 1 fully saturated rings. The van der Waals surface area contributed by atoms with Gasteiger partial charge in [0.1, 0.15) is 11.4 Å². The van der Waals surface area contributed by atoms with Gasteiger partial charge in [0.25, 0.3) is 0 Å². The van der Waals surface area contributed by atoms with Crippen molar-refractivity contribution in [2.24, 2.45) is 0 Å². The molecule has 10 heteroatoms. The summed E-state index contributed by atoms with van der Waals surface area (Å²) in [5, 5.41) is 4.15. The third kappa shape index (κ3) is 6.72. The molecule has 34 heavy (non-hydrogen) atoms. The van der Waals surface area contributed by atoms with E-state index in [0.29, 0.717) is 18.5 Å². The lowest BCUT2D eigenvalue weighted by atomic mass is 9.88. The van der Waals surface area contributed by atoms with E-state index in [1.807, 2.05) is 18.2 Å². The topological polar surface area (TPSA) is 72.5 Å². The number of nitroso groups, excluding NO2 is 2. The van der Waals surface area contributed by atoms with E-state index in [0.717, 1.165) is 32.9 Å². The second-order valence-electron chi connectivity index (χ2n) is 8.45. The number of carbonyl (C=O) groups is 1. The molecule has 0 saturated carbocycles. The second-order valence-corrected chi connectivity index (χ2v) is 8.45. The highest BCUT2D eigenvalue weighted by Crippen LogP contribution is 2.29. The minimum absolute atomic E-state index is 0.0371. The molecule has 0 aromatic heterocycles. The van der Waals surface area contributed by atoms with Crippen LogP contribution in [0, 0.1) is 9.81 Å². The highest BCUT2D eigenvalue weighted by atomic mass is 19.4. The smallest absolute Gasteiger partial charge is 0.343 e. The van der Waals surface area contributed by atoms with Crippen molar-refractivity contribution in [3.63, 3.8) is 0 Å². The van der Waals surface area contributed by atoms with Crippen molar-refractivity contribution in [2.75, 3.05) is 20.1 Å². The SMILES string of the molecule is C=CC(=O)NC1CC(c2cccc(C[N+](=O)N(C)Cc3ccc(C(F)(F)F)cc3)c2)C[N+](=O)C1. The van der Waals surface area contributed by atoms with Gasteiger partial charge in [-0.15, -0.1) is 5.01 Å². The predicted molar refractivity (Wildman–Crippen MR) is 120 cm³/mol. The summed E-state index contributed by atoms with van der Waals surface area (Å²) in [6, 6.07) is 11.8. The van der Waals surface area contributed by atoms with E-state index in [-0.39, 0.29) is 37.5 Å². The van der Waals surface area contributed by atoms with Crippen LogP contribution >= 0.6 is 0 Å². The molecule has 0 aliphatic carbocycles. The fourth-order valence-electron chi connectivity index (χ4n) is 4.03. The largest absolute Gasteiger partial charge is 0.416 e. The second kappa shape index (κ2) is 10.6. The van der Waals surface area contributed by atoms with Crippen LogP contribution in [0.4, 0.5) is 13.2 Å². The van der Waals surface area contributed by atoms with Gasteiger partial charge in [0.05, 0.1) is 23.6 Å². The molecule has 2 aromatic rings. The zero-order chi connectivity index (χ0) is 24.9. The van der Waals surface area contributed by atoms with Crippen molar-refractivity contribution in [1.82, 2.24) is 10.3 Å². The first-order chi connectivity index (χ1) is 16.0. The highest BCUT2D eigenvalue weighted by Gasteiger charge is 2.34. The van der Waals surface area contributed by atoms with Crippen LogP contribution in [0.1, 0.15) is 34.6 Å². The number of amides is 1. The number of carbonyl (C=O) groups excluding carboxylic acids is 1. The monoisotopic (exact) mass is 476 g/mol. The lowest BCUT2D eigenvalue weighted by Gasteiger charge is -2.24. The Labute approximate surface area is 195 Å². The molecule has 1 heterocycles. The van der Waals surface area contributed by atoms with Crippen LogP contribution in [0.2, 0.25) is 0 Å². The number of hydrogen-bond acceptors (Lipinski definition) is 3. The van der Waals surface area contributed by atoms with Gasteiger partial charge in [-0.05, 0) is 41.8 Å². The van der Waals surface area contributed by atoms with Crippen molar-refractivity contribution < 1.29 is 27.6 Å². The molecule has 2 unspecified atom stereocenters. The number of alkyl halides is 3. The zero-order valence-electron chi connectivity index (χ0n) is 18.8. The Hall–Kier alpha value is -3.56. The van der Waals surface area contributed by atoms with Gasteiger partial charge < -0.3 is 5.32 Å². The minimum atomic E-state index is -4.40. The number of halogens is 3. The Bertz CT molecular complexity index is 1070. The number of nitrogens with zero attached hydrogens (tertiary/aromatic N) is 3. The molecule has 1 saturated heterocycles. The van der Waals surface area contributed by atoms with Crippen LogP contribution in [-0.4, -0.2) is 46.7 Å². The molecule has 0 spiro atoms. The van der Waals surface area contributed by atoms with Gasteiger partial charge in [-0.3, -0.25) is 4.79 Å². The van der Waals surface area contributed by atoms with E-state index in [9.17, 15) is 27.8 Å². The van der Waals surface area contributed by atoms with E-state index in [1.54, 1.807) is 13.1 Å². The van der Waals surface area contributed by atoms with Crippen molar-refractivity contribution in [3.05, 3.63) is 93.3 Å². The molecule has 2 atom stereocenters. The van der Waals surface area contributed by atoms with E-state index >= 15 is 0 Å². The summed E-state index contributed by atoms with van der Waals surface area (Å²) in [4.78, 5) is 37.1. The van der Waals surface area contributed by atoms with Crippen LogP contribution in [0.5, 0.6) is 0 Å². The van der Waals surface area contributed by atoms with E-state index in [1.165, 1.54) is 23.2 Å². The molecule has 1 aliphatic heterocycles. The Morgan fingerprint density at radius 2 is 1.91 bits per heavy atom. The fraction of sp³-hybridized carbons (Fsp3) is 0.375. The third-order valence-electron chi connectivity index (χ3n) is 5.76. The molecular formula is C24H27F3N4O3+2. The number of nitrogens with one attached hydrogen (secondary N) is 1. The summed E-state index contributed by atoms with van der Waals surface area (Å²) in [5.74, 6) is -0.433. The standard InChI is InChI=1S/C24H26F3N4O3/c1-3-23(32)28-22-12-20(15-30(33)16-22)19-6-4-5-18(11-19)14-31(34)29(2)13-17-7-9-21(10-8-17)24(25,26)27/h3-11,20,22H,1,12-16H2,2H3/q+1/p+1. The number of hydrazine groups is 1. The quantitative estimate of drug-likeness (QED) is 0.356. The average molecular weight is 476 g/mol. The lowest BCUT2D eigenvalue weighted by molar-refractivity contribution is -0.718. The van der Waals surface area contributed by atoms with E-state index < -0.39 is 11.7 Å². The number of piperidine rings is 1. The highest BCUT2D eigenvalue weighted by molar-refractivity contribution is 5.87. The number of rotatable bonds is 8. The summed E-state index contributed by atoms with van der Waals surface area (Å²) in [7, 11) is 1.57. The van der Waals surface area contributed by atoms with Gasteiger partial charge in [-0.2, -0.15) is 13.2 Å². The summed E-state index contributed by atoms with van der Waals surface area (Å²) < 4.78 is 39.1. The Balaban J connectivity index is 1.63. The molecule has 0 radical (unpaired) electrons. The lowest BCUT2D eigenvalue weighted by Crippen LogP contribution is -2.45. The van der Waals surface area contributed by atoms with Crippen LogP contribution in [0.3, 0.4) is 0 Å². The van der Waals surface area contributed by atoms with Crippen LogP contribution in [0.15, 0.2) is 61.2 Å². The summed E-state index contributed by atoms with van der Waals surface area (Å²) in [5.41, 5.74) is 1.48. The van der Waals surface area contributed by atoms with Gasteiger partial charge in [-0.25, -0.2) is 0 Å². The molecular weight excluding hydrogens is 449 g/mol. The maximum atomic E-state index is 12.7. The maximum absolute atomic E-state index is 12.7. The first-order valence-corrected chi connectivity index (χ1v) is 10.8. The summed E-state index contributed by atoms with van der Waals surface area (Å²) in [6.45, 7) is 4.12. The molecule has 7 nitrogen and oxygen atoms in total. The predicted octanol–water partition coefficient (Wildman–Crippen LogP) is 3.97. The van der Waals surface area contributed by atoms with E-state index in [4.69, 9.17) is 0 Å². The van der Waals surface area contributed by atoms with Crippen LogP contribution in [0.25, 0.3) is 0 Å². The van der Waals surface area contributed by atoms with Crippen LogP contribution < -0.4 is 5.32 Å². The molecule has 2 aromatic carbocycles. The molecule has 1 amide bonds. The van der Waals surface area contributed by atoms with Gasteiger partial charge in [0.15, 0.2) is 6.54 Å². The first kappa shape index (κ1) is 25.1. The molecule has 0 bridgehead atoms. The Kier molecular flexibility index (Phi) is 7.80. The third-order valence-corrected chi connectivity index (χ3v) is 5.76. The molecule has 3 rings (SSSR count). The normalized spacial score (nSPS) is 18.3. The van der Waals surface area contributed by atoms with Gasteiger partial charge >= 0.3 is 6.18 Å². The van der Waals surface area contributed by atoms with Crippen molar-refractivity contribution in [2.45, 2.75) is 37.6 Å². The Morgan fingerprint density at radius 3 is 2.56 bits per heavy atom. The van der Waals surface area contributed by atoms with Gasteiger partial charge in [0.2, 0.25) is 19.0 Å². The van der Waals surface area contributed by atoms with Gasteiger partial charge in [-0.1, -0.05) is 36.9 Å². The summed E-state index contributed by atoms with van der Waals surface area (Å²) >= 11 is 0. The summed E-state index contributed by atoms with van der Waals surface area (Å²) in [6.07, 6.45) is -2.64. The molecule has 180 valence electrons. The van der Waals surface area contributed by atoms with Gasteiger partial charge in [0, 0.05) is 21.1 Å². The minimum Gasteiger partial charge on any atom is -0.343 e. The average Bonchev–Trinajstić information content (AvgIpc) is 2.78. The first-order valence-electron chi connectivity index (χ1n) is 10.8. The molecule has 1 aliphatic rings. The molecule has 1 N–H and O–H groups in total. The zero-order valence-corrected chi connectivity index (χ0v) is 18.8. The number of hydrogen-bond donors (Lipinski definition) is 1. The number of benzene rings is 2.